The highest BCUT2D eigenvalue weighted by Gasteiger charge is 2.32. The quantitative estimate of drug-likeness (QED) is 0.147. The molecule has 0 aliphatic heterocycles. The molecule has 0 spiro atoms. The third-order valence-corrected chi connectivity index (χ3v) is 7.32. The molecule has 3 rings (SSSR count). The Hall–Kier alpha value is -3.83. The van der Waals surface area contributed by atoms with E-state index >= 15 is 0 Å². The van der Waals surface area contributed by atoms with Crippen molar-refractivity contribution in [3.05, 3.63) is 71.9 Å². The second-order valence-corrected chi connectivity index (χ2v) is 10.2. The summed E-state index contributed by atoms with van der Waals surface area (Å²) in [7, 11) is 0. The number of fused-ring (bicyclic) bond motifs is 1. The SMILES string of the molecule is CCC(C)C(NC(=O)C(N)Cc1c[nH]c2ccccc12)C(=O)NC(CS)C(=O)NC(Cc1ccccc1)C(=O)O. The molecule has 0 saturated carbocycles. The Morgan fingerprint density at radius 1 is 0.900 bits per heavy atom. The second-order valence-electron chi connectivity index (χ2n) is 9.87. The first-order chi connectivity index (χ1) is 19.1. The Balaban J connectivity index is 1.65. The fourth-order valence-corrected chi connectivity index (χ4v) is 4.63. The van der Waals surface area contributed by atoms with Gasteiger partial charge >= 0.3 is 5.97 Å². The zero-order chi connectivity index (χ0) is 29.2. The summed E-state index contributed by atoms with van der Waals surface area (Å²) in [5.74, 6) is -3.29. The number of carboxylic acid groups (broad SMARTS) is 1. The Bertz CT molecular complexity index is 1310. The van der Waals surface area contributed by atoms with E-state index in [0.717, 1.165) is 22.0 Å². The second kappa shape index (κ2) is 14.5. The zero-order valence-electron chi connectivity index (χ0n) is 22.6. The first kappa shape index (κ1) is 30.7. The van der Waals surface area contributed by atoms with E-state index in [-0.39, 0.29) is 24.5 Å². The molecular weight excluding hydrogens is 530 g/mol. The lowest BCUT2D eigenvalue weighted by atomic mass is 9.97. The number of nitrogens with two attached hydrogens (primary N) is 1. The molecule has 3 aromatic rings. The van der Waals surface area contributed by atoms with Crippen molar-refractivity contribution in [1.82, 2.24) is 20.9 Å². The van der Waals surface area contributed by atoms with E-state index in [0.29, 0.717) is 6.42 Å². The predicted octanol–water partition coefficient (Wildman–Crippen LogP) is 1.80. The largest absolute Gasteiger partial charge is 0.480 e. The van der Waals surface area contributed by atoms with Crippen LogP contribution in [-0.2, 0) is 32.0 Å². The van der Waals surface area contributed by atoms with Crippen LogP contribution in [0.25, 0.3) is 10.9 Å². The number of aliphatic carboxylic acids is 1. The van der Waals surface area contributed by atoms with Crippen LogP contribution in [0.15, 0.2) is 60.8 Å². The van der Waals surface area contributed by atoms with Gasteiger partial charge in [0, 0.05) is 29.3 Å². The minimum absolute atomic E-state index is 0.0729. The van der Waals surface area contributed by atoms with Gasteiger partial charge in [0.25, 0.3) is 0 Å². The van der Waals surface area contributed by atoms with Gasteiger partial charge in [-0.1, -0.05) is 68.8 Å². The summed E-state index contributed by atoms with van der Waals surface area (Å²) < 4.78 is 0. The number of para-hydroxylation sites is 1. The highest BCUT2D eigenvalue weighted by molar-refractivity contribution is 7.80. The normalized spacial score (nSPS) is 14.9. The average molecular weight is 568 g/mol. The molecule has 0 bridgehead atoms. The van der Waals surface area contributed by atoms with Crippen molar-refractivity contribution >= 4 is 47.2 Å². The van der Waals surface area contributed by atoms with Crippen LogP contribution in [0.2, 0.25) is 0 Å². The molecule has 5 atom stereocenters. The van der Waals surface area contributed by atoms with Crippen LogP contribution in [0, 0.1) is 5.92 Å². The van der Waals surface area contributed by atoms with Crippen molar-refractivity contribution in [1.29, 1.82) is 0 Å². The number of amides is 3. The van der Waals surface area contributed by atoms with Crippen LogP contribution in [0.3, 0.4) is 0 Å². The van der Waals surface area contributed by atoms with Crippen molar-refractivity contribution in [2.24, 2.45) is 11.7 Å². The van der Waals surface area contributed by atoms with Crippen molar-refractivity contribution in [3.63, 3.8) is 0 Å². The molecule has 40 heavy (non-hydrogen) atoms. The summed E-state index contributed by atoms with van der Waals surface area (Å²) in [6, 6.07) is 12.4. The molecule has 1 heterocycles. The summed E-state index contributed by atoms with van der Waals surface area (Å²) in [4.78, 5) is 54.2. The highest BCUT2D eigenvalue weighted by atomic mass is 32.1. The van der Waals surface area contributed by atoms with E-state index < -0.39 is 47.9 Å². The predicted molar refractivity (Wildman–Crippen MR) is 157 cm³/mol. The Morgan fingerprint density at radius 3 is 2.20 bits per heavy atom. The summed E-state index contributed by atoms with van der Waals surface area (Å²) in [5.41, 5.74) is 8.79. The number of carbonyl (C=O) groups excluding carboxylic acids is 3. The summed E-state index contributed by atoms with van der Waals surface area (Å²) in [6.07, 6.45) is 2.74. The molecule has 7 N–H and O–H groups in total. The lowest BCUT2D eigenvalue weighted by Gasteiger charge is -2.27. The maximum atomic E-state index is 13.3. The minimum atomic E-state index is -1.20. The van der Waals surface area contributed by atoms with Crippen LogP contribution in [-0.4, -0.2) is 63.7 Å². The van der Waals surface area contributed by atoms with E-state index in [9.17, 15) is 24.3 Å². The Kier molecular flexibility index (Phi) is 11.2. The van der Waals surface area contributed by atoms with Gasteiger partial charge in [0.15, 0.2) is 0 Å². The van der Waals surface area contributed by atoms with E-state index in [2.05, 4.69) is 33.6 Å². The number of thiol groups is 1. The standard InChI is InChI=1S/C29H37N5O5S/c1-3-17(2)25(34-26(35)21(30)14-19-15-31-22-12-8-7-11-20(19)22)28(37)33-24(16-40)27(36)32-23(29(38)39)13-18-9-5-4-6-10-18/h4-12,15,17,21,23-25,31,40H,3,13-14,16,30H2,1-2H3,(H,32,36)(H,33,37)(H,34,35)(H,38,39). The zero-order valence-corrected chi connectivity index (χ0v) is 23.5. The monoisotopic (exact) mass is 567 g/mol. The molecule has 0 radical (unpaired) electrons. The van der Waals surface area contributed by atoms with Gasteiger partial charge in [-0.25, -0.2) is 4.79 Å². The topological polar surface area (TPSA) is 166 Å². The molecule has 3 amide bonds. The molecule has 214 valence electrons. The molecule has 1 aromatic heterocycles. The number of aromatic nitrogens is 1. The van der Waals surface area contributed by atoms with Gasteiger partial charge in [0.05, 0.1) is 6.04 Å². The molecule has 0 fully saturated rings. The molecule has 0 aliphatic carbocycles. The molecular formula is C29H37N5O5S. The summed E-state index contributed by atoms with van der Waals surface area (Å²) in [6.45, 7) is 3.69. The summed E-state index contributed by atoms with van der Waals surface area (Å²) >= 11 is 4.19. The van der Waals surface area contributed by atoms with Crippen molar-refractivity contribution in [3.8, 4) is 0 Å². The van der Waals surface area contributed by atoms with E-state index in [1.54, 1.807) is 24.3 Å². The molecule has 0 saturated heterocycles. The van der Waals surface area contributed by atoms with Gasteiger partial charge in [-0.3, -0.25) is 14.4 Å². The van der Waals surface area contributed by atoms with Crippen molar-refractivity contribution in [2.75, 3.05) is 5.75 Å². The number of nitrogens with one attached hydrogen (secondary N) is 4. The van der Waals surface area contributed by atoms with Crippen LogP contribution in [0.1, 0.15) is 31.4 Å². The van der Waals surface area contributed by atoms with E-state index in [1.165, 1.54) is 0 Å². The number of aromatic amines is 1. The fraction of sp³-hybridized carbons (Fsp3) is 0.379. The molecule has 5 unspecified atom stereocenters. The van der Waals surface area contributed by atoms with Crippen LogP contribution in [0.5, 0.6) is 0 Å². The average Bonchev–Trinajstić information content (AvgIpc) is 3.36. The van der Waals surface area contributed by atoms with Gasteiger partial charge < -0.3 is 31.8 Å². The molecule has 2 aromatic carbocycles. The third kappa shape index (κ3) is 8.09. The lowest BCUT2D eigenvalue weighted by Crippen LogP contribution is -2.59. The number of benzene rings is 2. The number of hydrogen-bond donors (Lipinski definition) is 7. The fourth-order valence-electron chi connectivity index (χ4n) is 4.37. The van der Waals surface area contributed by atoms with Gasteiger partial charge in [-0.2, -0.15) is 12.6 Å². The maximum Gasteiger partial charge on any atom is 0.326 e. The number of carboxylic acids is 1. The minimum Gasteiger partial charge on any atom is -0.480 e. The first-order valence-corrected chi connectivity index (χ1v) is 13.9. The first-order valence-electron chi connectivity index (χ1n) is 13.2. The van der Waals surface area contributed by atoms with Gasteiger partial charge in [-0.05, 0) is 29.5 Å². The van der Waals surface area contributed by atoms with Gasteiger partial charge in [0.2, 0.25) is 17.7 Å². The van der Waals surface area contributed by atoms with Gasteiger partial charge in [0.1, 0.15) is 18.1 Å². The van der Waals surface area contributed by atoms with Crippen LogP contribution >= 0.6 is 12.6 Å². The number of H-pyrrole nitrogens is 1. The Labute approximate surface area is 238 Å². The summed E-state index contributed by atoms with van der Waals surface area (Å²) in [5, 5.41) is 18.5. The third-order valence-electron chi connectivity index (χ3n) is 6.96. The van der Waals surface area contributed by atoms with E-state index in [4.69, 9.17) is 5.73 Å². The highest BCUT2D eigenvalue weighted by Crippen LogP contribution is 2.19. The van der Waals surface area contributed by atoms with E-state index in [1.807, 2.05) is 50.4 Å². The molecule has 10 nitrogen and oxygen atoms in total. The lowest BCUT2D eigenvalue weighted by molar-refractivity contribution is -0.142. The van der Waals surface area contributed by atoms with Crippen molar-refractivity contribution < 1.29 is 24.3 Å². The van der Waals surface area contributed by atoms with Crippen molar-refractivity contribution in [2.45, 2.75) is 57.3 Å². The maximum absolute atomic E-state index is 13.3. The molecule has 0 aliphatic rings. The number of hydrogen-bond acceptors (Lipinski definition) is 6. The van der Waals surface area contributed by atoms with Crippen LogP contribution in [0.4, 0.5) is 0 Å². The van der Waals surface area contributed by atoms with Gasteiger partial charge in [-0.15, -0.1) is 0 Å². The smallest absolute Gasteiger partial charge is 0.326 e. The van der Waals surface area contributed by atoms with Crippen LogP contribution < -0.4 is 21.7 Å². The Morgan fingerprint density at radius 2 is 1.55 bits per heavy atom. The molecule has 11 heteroatoms. The number of carbonyl (C=O) groups is 4. The number of rotatable bonds is 14.